The summed E-state index contributed by atoms with van der Waals surface area (Å²) in [6.07, 6.45) is 5.96. The largest absolute Gasteiger partial charge is 0.310 e. The maximum absolute atomic E-state index is 4.05. The van der Waals surface area contributed by atoms with Gasteiger partial charge in [-0.2, -0.15) is 0 Å². The molecule has 1 unspecified atom stereocenters. The van der Waals surface area contributed by atoms with Crippen LogP contribution >= 0.6 is 0 Å². The lowest BCUT2D eigenvalue weighted by molar-refractivity contribution is 0.518. The summed E-state index contributed by atoms with van der Waals surface area (Å²) in [5.74, 6) is 0. The summed E-state index contributed by atoms with van der Waals surface area (Å²) in [5, 5.41) is 3.58. The summed E-state index contributed by atoms with van der Waals surface area (Å²) in [7, 11) is 0. The number of hydrogen-bond donors (Lipinski definition) is 1. The Morgan fingerprint density at radius 2 is 1.58 bits per heavy atom. The van der Waals surface area contributed by atoms with E-state index in [2.05, 4.69) is 48.4 Å². The Morgan fingerprint density at radius 3 is 2.16 bits per heavy atom. The van der Waals surface area contributed by atoms with Gasteiger partial charge in [-0.3, -0.25) is 4.98 Å². The summed E-state index contributed by atoms with van der Waals surface area (Å²) in [6, 6.07) is 13.4. The van der Waals surface area contributed by atoms with Crippen LogP contribution in [0, 0.1) is 0 Å². The molecule has 100 valence electrons. The fourth-order valence-corrected chi connectivity index (χ4v) is 2.27. The normalized spacial score (nSPS) is 12.3. The molecule has 0 aliphatic heterocycles. The highest BCUT2D eigenvalue weighted by atomic mass is 14.9. The summed E-state index contributed by atoms with van der Waals surface area (Å²) in [4.78, 5) is 4.05. The van der Waals surface area contributed by atoms with Crippen LogP contribution in [-0.2, 0) is 0 Å². The molecule has 2 aromatic rings. The molecule has 2 nitrogen and oxygen atoms in total. The molecule has 0 saturated heterocycles. The van der Waals surface area contributed by atoms with E-state index in [0.29, 0.717) is 6.04 Å². The second-order valence-electron chi connectivity index (χ2n) is 4.77. The van der Waals surface area contributed by atoms with Gasteiger partial charge in [0.1, 0.15) is 0 Å². The molecule has 0 amide bonds. The summed E-state index contributed by atoms with van der Waals surface area (Å²) in [6.45, 7) is 5.50. The van der Waals surface area contributed by atoms with Gasteiger partial charge in [0.25, 0.3) is 0 Å². The Hall–Kier alpha value is -1.67. The lowest BCUT2D eigenvalue weighted by Crippen LogP contribution is -2.21. The molecule has 19 heavy (non-hydrogen) atoms. The van der Waals surface area contributed by atoms with Gasteiger partial charge in [0.05, 0.1) is 0 Å². The van der Waals surface area contributed by atoms with Gasteiger partial charge in [0.2, 0.25) is 0 Å². The highest BCUT2D eigenvalue weighted by molar-refractivity contribution is 5.62. The number of pyridine rings is 1. The molecular formula is C17H22N2. The Kier molecular flexibility index (Phi) is 5.10. The second-order valence-corrected chi connectivity index (χ2v) is 4.77. The first kappa shape index (κ1) is 13.8. The van der Waals surface area contributed by atoms with Gasteiger partial charge in [0, 0.05) is 18.4 Å². The van der Waals surface area contributed by atoms with Crippen molar-refractivity contribution in [2.24, 2.45) is 0 Å². The van der Waals surface area contributed by atoms with E-state index in [-0.39, 0.29) is 0 Å². The van der Waals surface area contributed by atoms with E-state index in [4.69, 9.17) is 0 Å². The first-order valence-electron chi connectivity index (χ1n) is 7.09. The number of benzene rings is 1. The van der Waals surface area contributed by atoms with Gasteiger partial charge >= 0.3 is 0 Å². The summed E-state index contributed by atoms with van der Waals surface area (Å²) < 4.78 is 0. The van der Waals surface area contributed by atoms with Crippen LogP contribution in [0.3, 0.4) is 0 Å². The average Bonchev–Trinajstić information content (AvgIpc) is 2.49. The van der Waals surface area contributed by atoms with Gasteiger partial charge < -0.3 is 5.32 Å². The zero-order valence-corrected chi connectivity index (χ0v) is 11.8. The lowest BCUT2D eigenvalue weighted by Gasteiger charge is -2.17. The zero-order valence-electron chi connectivity index (χ0n) is 11.8. The van der Waals surface area contributed by atoms with Crippen LogP contribution in [0.4, 0.5) is 0 Å². The number of aromatic nitrogens is 1. The minimum absolute atomic E-state index is 0.464. The summed E-state index contributed by atoms with van der Waals surface area (Å²) in [5.41, 5.74) is 3.83. The van der Waals surface area contributed by atoms with Crippen molar-refractivity contribution < 1.29 is 0 Å². The van der Waals surface area contributed by atoms with Crippen LogP contribution < -0.4 is 5.32 Å². The van der Waals surface area contributed by atoms with Crippen LogP contribution in [0.5, 0.6) is 0 Å². The standard InChI is InChI=1S/C17H22N2/c1-3-11-19-17(4-2)16-7-5-14(6-8-16)15-9-12-18-13-10-15/h5-10,12-13,17,19H,3-4,11H2,1-2H3. The van der Waals surface area contributed by atoms with E-state index in [1.807, 2.05) is 24.5 Å². The predicted molar refractivity (Wildman–Crippen MR) is 81.0 cm³/mol. The van der Waals surface area contributed by atoms with Crippen LogP contribution in [0.1, 0.15) is 38.3 Å². The van der Waals surface area contributed by atoms with Gasteiger partial charge in [-0.15, -0.1) is 0 Å². The Labute approximate surface area is 115 Å². The Balaban J connectivity index is 2.13. The van der Waals surface area contributed by atoms with Gasteiger partial charge in [0.15, 0.2) is 0 Å². The third-order valence-corrected chi connectivity index (χ3v) is 3.38. The Morgan fingerprint density at radius 1 is 0.947 bits per heavy atom. The van der Waals surface area contributed by atoms with E-state index in [0.717, 1.165) is 13.0 Å². The van der Waals surface area contributed by atoms with E-state index >= 15 is 0 Å². The van der Waals surface area contributed by atoms with Crippen molar-refractivity contribution >= 4 is 0 Å². The van der Waals surface area contributed by atoms with Crippen molar-refractivity contribution in [1.82, 2.24) is 10.3 Å². The monoisotopic (exact) mass is 254 g/mol. The third kappa shape index (κ3) is 3.65. The SMILES string of the molecule is CCCNC(CC)c1ccc(-c2ccncc2)cc1. The quantitative estimate of drug-likeness (QED) is 0.835. The van der Waals surface area contributed by atoms with Crippen molar-refractivity contribution in [3.63, 3.8) is 0 Å². The number of nitrogens with one attached hydrogen (secondary N) is 1. The van der Waals surface area contributed by atoms with Crippen molar-refractivity contribution in [1.29, 1.82) is 0 Å². The van der Waals surface area contributed by atoms with Gasteiger partial charge in [-0.05, 0) is 48.2 Å². The smallest absolute Gasteiger partial charge is 0.0317 e. The maximum Gasteiger partial charge on any atom is 0.0317 e. The second kappa shape index (κ2) is 7.05. The first-order chi connectivity index (χ1) is 9.35. The molecule has 0 aliphatic rings. The number of nitrogens with zero attached hydrogens (tertiary/aromatic N) is 1. The van der Waals surface area contributed by atoms with Crippen molar-refractivity contribution in [3.8, 4) is 11.1 Å². The molecule has 1 atom stereocenters. The van der Waals surface area contributed by atoms with Crippen molar-refractivity contribution in [2.45, 2.75) is 32.7 Å². The first-order valence-corrected chi connectivity index (χ1v) is 7.09. The van der Waals surface area contributed by atoms with E-state index in [1.54, 1.807) is 0 Å². The van der Waals surface area contributed by atoms with Crippen molar-refractivity contribution in [3.05, 3.63) is 54.4 Å². The van der Waals surface area contributed by atoms with Gasteiger partial charge in [-0.25, -0.2) is 0 Å². The minimum atomic E-state index is 0.464. The van der Waals surface area contributed by atoms with Crippen LogP contribution in [-0.4, -0.2) is 11.5 Å². The van der Waals surface area contributed by atoms with Gasteiger partial charge in [-0.1, -0.05) is 38.1 Å². The minimum Gasteiger partial charge on any atom is -0.310 e. The number of hydrogen-bond acceptors (Lipinski definition) is 2. The van der Waals surface area contributed by atoms with Crippen molar-refractivity contribution in [2.75, 3.05) is 6.54 Å². The Bertz CT molecular complexity index is 476. The zero-order chi connectivity index (χ0) is 13.5. The molecule has 0 bridgehead atoms. The molecule has 0 fully saturated rings. The molecule has 0 aliphatic carbocycles. The highest BCUT2D eigenvalue weighted by Gasteiger charge is 2.07. The average molecular weight is 254 g/mol. The molecular weight excluding hydrogens is 232 g/mol. The molecule has 2 heteroatoms. The molecule has 1 N–H and O–H groups in total. The maximum atomic E-state index is 4.05. The summed E-state index contributed by atoms with van der Waals surface area (Å²) >= 11 is 0. The fraction of sp³-hybridized carbons (Fsp3) is 0.353. The topological polar surface area (TPSA) is 24.9 Å². The van der Waals surface area contributed by atoms with Crippen LogP contribution in [0.15, 0.2) is 48.8 Å². The molecule has 1 heterocycles. The molecule has 2 rings (SSSR count). The molecule has 0 spiro atoms. The van der Waals surface area contributed by atoms with E-state index in [1.165, 1.54) is 23.1 Å². The van der Waals surface area contributed by atoms with Crippen LogP contribution in [0.2, 0.25) is 0 Å². The molecule has 1 aromatic carbocycles. The van der Waals surface area contributed by atoms with Crippen LogP contribution in [0.25, 0.3) is 11.1 Å². The third-order valence-electron chi connectivity index (χ3n) is 3.38. The fourth-order valence-electron chi connectivity index (χ4n) is 2.27. The van der Waals surface area contributed by atoms with E-state index < -0.39 is 0 Å². The predicted octanol–water partition coefficient (Wildman–Crippen LogP) is 4.20. The highest BCUT2D eigenvalue weighted by Crippen LogP contribution is 2.22. The molecule has 1 aromatic heterocycles. The van der Waals surface area contributed by atoms with E-state index in [9.17, 15) is 0 Å². The lowest BCUT2D eigenvalue weighted by atomic mass is 10.00. The molecule has 0 saturated carbocycles. The molecule has 0 radical (unpaired) electrons. The number of rotatable bonds is 6.